The fourth-order valence-corrected chi connectivity index (χ4v) is 8.09. The first-order valence-corrected chi connectivity index (χ1v) is 18.0. The summed E-state index contributed by atoms with van der Waals surface area (Å²) in [7, 11) is -13.7. The maximum absolute atomic E-state index is 13.7. The monoisotopic (exact) mass is 791 g/mol. The van der Waals surface area contributed by atoms with E-state index in [-0.39, 0.29) is 133 Å². The van der Waals surface area contributed by atoms with E-state index in [9.17, 15) is 55.0 Å². The summed E-state index contributed by atoms with van der Waals surface area (Å²) in [6, 6.07) is 18.5. The van der Waals surface area contributed by atoms with Crippen LogP contribution < -0.4 is 118 Å². The average Bonchev–Trinajstić information content (AvgIpc) is 3.04. The molecule has 21 heteroatoms. The molecule has 0 saturated heterocycles. The zero-order valence-electron chi connectivity index (χ0n) is 27.4. The van der Waals surface area contributed by atoms with E-state index in [1.165, 1.54) is 12.1 Å². The summed E-state index contributed by atoms with van der Waals surface area (Å²) in [5, 5.41) is 32.9. The molecule has 5 rings (SSSR count). The van der Waals surface area contributed by atoms with E-state index < -0.39 is 62.7 Å². The number of aromatic carboxylic acids is 3. The molecule has 15 nitrogen and oxygen atoms in total. The molecule has 0 aliphatic rings. The molecule has 0 heterocycles. The zero-order valence-corrected chi connectivity index (χ0v) is 35.9. The maximum atomic E-state index is 13.7. The molecule has 3 N–H and O–H groups in total. The number of nitrogens with one attached hydrogen (secondary N) is 3. The van der Waals surface area contributed by atoms with Crippen molar-refractivity contribution in [1.82, 2.24) is 0 Å². The molecule has 0 aliphatic carbocycles. The molecule has 252 valence electrons. The summed E-state index contributed by atoms with van der Waals surface area (Å²) >= 11 is 0. The van der Waals surface area contributed by atoms with Crippen molar-refractivity contribution in [2.75, 3.05) is 14.2 Å². The van der Waals surface area contributed by atoms with E-state index in [2.05, 4.69) is 14.2 Å². The fraction of sp³-hybridized carbons (Fsp3) is 0. The normalized spacial score (nSPS) is 11.2. The van der Waals surface area contributed by atoms with Crippen molar-refractivity contribution < 1.29 is 144 Å². The number of anilines is 3. The molecule has 0 saturated carbocycles. The number of carbonyl (C=O) groups is 3. The van der Waals surface area contributed by atoms with Gasteiger partial charge in [-0.25, -0.2) is 25.3 Å². The van der Waals surface area contributed by atoms with Gasteiger partial charge in [-0.05, 0) is 82.7 Å². The van der Waals surface area contributed by atoms with Gasteiger partial charge < -0.3 is 29.7 Å². The van der Waals surface area contributed by atoms with Crippen LogP contribution in [0.2, 0.25) is 0 Å². The molecule has 52 heavy (non-hydrogen) atoms. The molecule has 5 aromatic carbocycles. The van der Waals surface area contributed by atoms with Crippen LogP contribution in [-0.4, -0.2) is 43.2 Å². The largest absolute Gasteiger partial charge is 1.00 e. The van der Waals surface area contributed by atoms with Gasteiger partial charge in [-0.15, -0.1) is 0 Å². The second-order valence-electron chi connectivity index (χ2n) is 10.2. The number of sulfonamides is 3. The van der Waals surface area contributed by atoms with Gasteiger partial charge in [0.2, 0.25) is 0 Å². The van der Waals surface area contributed by atoms with Crippen LogP contribution in [-0.2, 0) is 30.1 Å². The van der Waals surface area contributed by atoms with Crippen molar-refractivity contribution in [1.29, 1.82) is 0 Å². The minimum atomic E-state index is -4.65. The third kappa shape index (κ3) is 10.6. The van der Waals surface area contributed by atoms with E-state index in [1.807, 2.05) is 0 Å². The Morgan fingerprint density at radius 3 is 1.12 bits per heavy atom. The second-order valence-corrected chi connectivity index (χ2v) is 15.2. The zero-order chi connectivity index (χ0) is 35.7. The summed E-state index contributed by atoms with van der Waals surface area (Å²) in [6.07, 6.45) is 0. The van der Waals surface area contributed by atoms with Gasteiger partial charge in [-0.2, -0.15) is 0 Å². The van der Waals surface area contributed by atoms with Crippen molar-refractivity contribution >= 4 is 75.8 Å². The maximum Gasteiger partial charge on any atom is 1.00 e. The Hall–Kier alpha value is -2.98. The van der Waals surface area contributed by atoms with Gasteiger partial charge in [0.15, 0.2) is 0 Å². The molecule has 0 spiro atoms. The number of carboxylic acid groups (broad SMARTS) is 3. The summed E-state index contributed by atoms with van der Waals surface area (Å²) in [6.45, 7) is 0. The fourth-order valence-electron chi connectivity index (χ4n) is 4.49. The molecule has 0 unspecified atom stereocenters. The Morgan fingerprint density at radius 1 is 0.423 bits per heavy atom. The number of hydrogen-bond donors (Lipinski definition) is 3. The number of carboxylic acids is 3. The number of carbonyl (C=O) groups excluding carboxylic acids is 3. The Bertz CT molecular complexity index is 2480. The quantitative estimate of drug-likeness (QED) is 0.0996. The van der Waals surface area contributed by atoms with Gasteiger partial charge in [0.1, 0.15) is 0 Å². The van der Waals surface area contributed by atoms with Crippen LogP contribution in [0.3, 0.4) is 0 Å². The Kier molecular flexibility index (Phi) is 15.5. The summed E-state index contributed by atoms with van der Waals surface area (Å²) in [5.41, 5.74) is -0.887. The number of hydrogen-bond acceptors (Lipinski definition) is 12. The summed E-state index contributed by atoms with van der Waals surface area (Å²) in [4.78, 5) is 31.6. The van der Waals surface area contributed by atoms with Gasteiger partial charge in [0.05, 0.1) is 32.6 Å². The second kappa shape index (κ2) is 17.9. The van der Waals surface area contributed by atoms with Crippen molar-refractivity contribution in [2.24, 2.45) is 0 Å². The van der Waals surface area contributed by atoms with E-state index in [4.69, 9.17) is 0 Å². The van der Waals surface area contributed by atoms with Crippen LogP contribution in [0.4, 0.5) is 17.1 Å². The van der Waals surface area contributed by atoms with Crippen LogP contribution in [0.5, 0.6) is 0 Å². The first-order chi connectivity index (χ1) is 22.9. The van der Waals surface area contributed by atoms with Crippen molar-refractivity contribution in [3.63, 3.8) is 0 Å². The average molecular weight is 792 g/mol. The third-order valence-electron chi connectivity index (χ3n) is 6.89. The molecule has 0 bridgehead atoms. The molecule has 5 aromatic rings. The van der Waals surface area contributed by atoms with Gasteiger partial charge >= 0.3 is 88.7 Å². The predicted octanol–water partition coefficient (Wildman–Crippen LogP) is -8.66. The molecule has 0 aromatic heterocycles. The molecular formula is C31H20N3Na3O12S3. The predicted molar refractivity (Wildman–Crippen MR) is 169 cm³/mol. The molecule has 0 aliphatic heterocycles. The molecule has 0 radical (unpaired) electrons. The van der Waals surface area contributed by atoms with Gasteiger partial charge in [-0.3, -0.25) is 14.2 Å². The van der Waals surface area contributed by atoms with Crippen molar-refractivity contribution in [3.8, 4) is 0 Å². The first-order valence-electron chi connectivity index (χ1n) is 13.6. The van der Waals surface area contributed by atoms with E-state index in [0.717, 1.165) is 91.0 Å². The Balaban J connectivity index is 0.00000312. The number of rotatable bonds is 12. The van der Waals surface area contributed by atoms with Crippen LogP contribution >= 0.6 is 0 Å². The molecule has 0 amide bonds. The standard InChI is InChI=1S/C31H23N3O12S3.3Na/c35-29(36)18-1-7-22(8-2-18)32-47(41,42)25-13-14-27-21(15-25)16-26(48(43,44)33-23-9-3-19(4-10-23)30(37)38)17-28(27)49(45,46)34-24-11-5-20(6-12-24)31(39)40;;;/h1-17,32-34H,(H,35,36)(H,37,38)(H,39,40);;;/q;3*+1/p-3. The van der Waals surface area contributed by atoms with Crippen LogP contribution in [0, 0.1) is 0 Å². The van der Waals surface area contributed by atoms with Gasteiger partial charge in [0, 0.05) is 22.4 Å². The van der Waals surface area contributed by atoms with Crippen molar-refractivity contribution in [2.45, 2.75) is 14.7 Å². The number of benzene rings is 5. The minimum Gasteiger partial charge on any atom is -0.545 e. The molecule has 0 fully saturated rings. The van der Waals surface area contributed by atoms with Crippen LogP contribution in [0.25, 0.3) is 10.8 Å². The number of fused-ring (bicyclic) bond motifs is 1. The third-order valence-corrected chi connectivity index (χ3v) is 11.0. The van der Waals surface area contributed by atoms with Gasteiger partial charge in [-0.1, -0.05) is 42.5 Å². The Labute approximate surface area is 363 Å². The topological polar surface area (TPSA) is 259 Å². The molecule has 0 atom stereocenters. The SMILES string of the molecule is O=C([O-])c1ccc(NS(=O)(=O)c2ccc3c(S(=O)(=O)Nc4ccc(C(=O)[O-])cc4)cc(S(=O)(=O)Nc4ccc(C(=O)[O-])cc4)cc3c2)cc1.[Na+].[Na+].[Na+]. The van der Waals surface area contributed by atoms with Crippen molar-refractivity contribution in [3.05, 3.63) is 120 Å². The van der Waals surface area contributed by atoms with Gasteiger partial charge in [0.25, 0.3) is 30.1 Å². The van der Waals surface area contributed by atoms with E-state index >= 15 is 0 Å². The summed E-state index contributed by atoms with van der Waals surface area (Å²) < 4.78 is 87.6. The van der Waals surface area contributed by atoms with Crippen LogP contribution in [0.15, 0.2) is 118 Å². The van der Waals surface area contributed by atoms with E-state index in [0.29, 0.717) is 0 Å². The molecular weight excluding hydrogens is 772 g/mol. The minimum absolute atomic E-state index is 0. The first kappa shape index (κ1) is 45.2. The smallest absolute Gasteiger partial charge is 0.545 e. The Morgan fingerprint density at radius 2 is 0.750 bits per heavy atom. The van der Waals surface area contributed by atoms with E-state index in [1.54, 1.807) is 0 Å². The summed E-state index contributed by atoms with van der Waals surface area (Å²) in [5.74, 6) is -4.49. The van der Waals surface area contributed by atoms with Crippen LogP contribution in [0.1, 0.15) is 31.1 Å².